The van der Waals surface area contributed by atoms with Crippen molar-refractivity contribution >= 4 is 54.9 Å². The van der Waals surface area contributed by atoms with Crippen molar-refractivity contribution in [3.8, 4) is 0 Å². The molecule has 11 heteroatoms. The van der Waals surface area contributed by atoms with E-state index in [4.69, 9.17) is 0 Å². The van der Waals surface area contributed by atoms with Crippen LogP contribution in [-0.2, 0) is 24.4 Å². The van der Waals surface area contributed by atoms with Gasteiger partial charge in [-0.25, -0.2) is 4.98 Å². The van der Waals surface area contributed by atoms with Gasteiger partial charge in [0, 0.05) is 0 Å². The van der Waals surface area contributed by atoms with Crippen molar-refractivity contribution in [2.75, 3.05) is 0 Å². The number of imide groups is 1. The number of aromatic nitrogens is 1. The molecule has 4 rings (SSSR count). The molecule has 0 radical (unpaired) electrons. The molecule has 2 N–H and O–H groups in total. The Morgan fingerprint density at radius 1 is 1.03 bits per heavy atom. The fourth-order valence-electron chi connectivity index (χ4n) is 2.85. The van der Waals surface area contributed by atoms with Gasteiger partial charge in [0.05, 0.1) is 15.1 Å². The Morgan fingerprint density at radius 2 is 1.73 bits per heavy atom. The number of carbonyl (C=O) groups excluding carboxylic acids is 3. The van der Waals surface area contributed by atoms with E-state index in [0.717, 1.165) is 21.6 Å². The number of fused-ring (bicyclic) bond motifs is 1. The number of piperidine rings is 1. The third-order valence-corrected chi connectivity index (χ3v) is 6.72. The van der Waals surface area contributed by atoms with Crippen LogP contribution in [0.1, 0.15) is 16.5 Å². The molecular formula is C19H14N4O5S2. The quantitative estimate of drug-likeness (QED) is 0.355. The minimum Gasteiger partial charge on any atom is -0.287 e. The van der Waals surface area contributed by atoms with E-state index in [0.29, 0.717) is 5.52 Å². The third kappa shape index (κ3) is 3.60. The maximum atomic E-state index is 12.5. The van der Waals surface area contributed by atoms with Crippen LogP contribution in [0.3, 0.4) is 0 Å². The lowest BCUT2D eigenvalue weighted by Gasteiger charge is -2.19. The normalized spacial score (nSPS) is 18.6. The topological polar surface area (TPSA) is 135 Å². The van der Waals surface area contributed by atoms with Crippen LogP contribution in [0.25, 0.3) is 10.2 Å². The summed E-state index contributed by atoms with van der Waals surface area (Å²) in [5.41, 5.74) is 1.00. The van der Waals surface area contributed by atoms with Crippen molar-refractivity contribution in [1.29, 1.82) is 0 Å². The summed E-state index contributed by atoms with van der Waals surface area (Å²) >= 11 is 1.12. The number of thiazole rings is 1. The van der Waals surface area contributed by atoms with Crippen LogP contribution in [0.15, 0.2) is 58.5 Å². The van der Waals surface area contributed by atoms with E-state index in [1.165, 1.54) is 12.1 Å². The summed E-state index contributed by atoms with van der Waals surface area (Å²) < 4.78 is 25.8. The van der Waals surface area contributed by atoms with Crippen LogP contribution >= 0.6 is 11.3 Å². The number of ketones is 1. The number of benzene rings is 2. The molecule has 1 aliphatic rings. The minimum absolute atomic E-state index is 0.0624. The number of aryl methyl sites for hydroxylation is 1. The molecule has 1 atom stereocenters. The van der Waals surface area contributed by atoms with E-state index < -0.39 is 39.3 Å². The van der Waals surface area contributed by atoms with Crippen molar-refractivity contribution in [3.05, 3.63) is 59.1 Å². The fraction of sp³-hybridized carbons (Fsp3) is 0.105. The first kappa shape index (κ1) is 19.9. The molecule has 152 valence electrons. The highest BCUT2D eigenvalue weighted by Crippen LogP contribution is 2.30. The second kappa shape index (κ2) is 7.43. The highest BCUT2D eigenvalue weighted by atomic mass is 32.2. The van der Waals surface area contributed by atoms with Gasteiger partial charge in [0.1, 0.15) is 16.6 Å². The third-order valence-electron chi connectivity index (χ3n) is 4.39. The van der Waals surface area contributed by atoms with E-state index >= 15 is 0 Å². The summed E-state index contributed by atoms with van der Waals surface area (Å²) in [7, 11) is -4.09. The SMILES string of the molecule is Cc1ccc(S(=O)(=O)N/N=C2\C(=O)NC(=O)C(=O)[C@H]2c2nc3ccccc3s2)cc1. The van der Waals surface area contributed by atoms with Crippen molar-refractivity contribution in [3.63, 3.8) is 0 Å². The van der Waals surface area contributed by atoms with Gasteiger partial charge in [0.2, 0.25) is 5.78 Å². The Labute approximate surface area is 174 Å². The molecule has 1 fully saturated rings. The average Bonchev–Trinajstić information content (AvgIpc) is 3.13. The zero-order chi connectivity index (χ0) is 21.5. The number of para-hydroxylation sites is 1. The molecule has 2 amide bonds. The largest absolute Gasteiger partial charge is 0.295 e. The molecular weight excluding hydrogens is 428 g/mol. The fourth-order valence-corrected chi connectivity index (χ4v) is 4.74. The highest BCUT2D eigenvalue weighted by molar-refractivity contribution is 7.89. The number of sulfonamides is 1. The molecule has 0 unspecified atom stereocenters. The molecule has 1 aliphatic heterocycles. The molecule has 2 heterocycles. The van der Waals surface area contributed by atoms with Gasteiger partial charge in [-0.3, -0.25) is 19.7 Å². The first-order valence-corrected chi connectivity index (χ1v) is 11.0. The van der Waals surface area contributed by atoms with Gasteiger partial charge in [-0.15, -0.1) is 11.3 Å². The summed E-state index contributed by atoms with van der Waals surface area (Å²) in [5.74, 6) is -4.40. The van der Waals surface area contributed by atoms with Gasteiger partial charge in [-0.2, -0.15) is 18.4 Å². The maximum Gasteiger partial charge on any atom is 0.295 e. The van der Waals surface area contributed by atoms with Crippen LogP contribution < -0.4 is 10.1 Å². The summed E-state index contributed by atoms with van der Waals surface area (Å²) in [4.78, 5) is 43.1. The van der Waals surface area contributed by atoms with Crippen molar-refractivity contribution in [2.24, 2.45) is 5.10 Å². The number of Topliss-reactive ketones (excluding diaryl/α,β-unsaturated/α-hetero) is 1. The smallest absolute Gasteiger partial charge is 0.287 e. The Balaban J connectivity index is 1.74. The number of hydrazone groups is 1. The van der Waals surface area contributed by atoms with E-state index in [1.807, 2.05) is 17.1 Å². The van der Waals surface area contributed by atoms with E-state index in [-0.39, 0.29) is 9.90 Å². The second-order valence-electron chi connectivity index (χ2n) is 6.51. The van der Waals surface area contributed by atoms with Gasteiger partial charge in [-0.1, -0.05) is 29.8 Å². The van der Waals surface area contributed by atoms with Gasteiger partial charge in [0.15, 0.2) is 0 Å². The molecule has 0 saturated carbocycles. The number of hydrogen-bond acceptors (Lipinski definition) is 8. The number of nitrogens with zero attached hydrogens (tertiary/aromatic N) is 2. The number of rotatable bonds is 4. The molecule has 0 spiro atoms. The molecule has 1 saturated heterocycles. The van der Waals surface area contributed by atoms with E-state index in [2.05, 4.69) is 10.1 Å². The number of nitrogens with one attached hydrogen (secondary N) is 2. The molecule has 30 heavy (non-hydrogen) atoms. The zero-order valence-electron chi connectivity index (χ0n) is 15.4. The van der Waals surface area contributed by atoms with Gasteiger partial charge < -0.3 is 0 Å². The predicted octanol–water partition coefficient (Wildman–Crippen LogP) is 1.25. The maximum absolute atomic E-state index is 12.5. The molecule has 2 aromatic carbocycles. The second-order valence-corrected chi connectivity index (χ2v) is 9.23. The van der Waals surface area contributed by atoms with Crippen molar-refractivity contribution in [1.82, 2.24) is 15.1 Å². The van der Waals surface area contributed by atoms with Crippen LogP contribution in [0.2, 0.25) is 0 Å². The number of amides is 2. The Hall–Kier alpha value is -3.44. The Morgan fingerprint density at radius 3 is 2.43 bits per heavy atom. The zero-order valence-corrected chi connectivity index (χ0v) is 17.1. The molecule has 0 bridgehead atoms. The minimum atomic E-state index is -4.09. The summed E-state index contributed by atoms with van der Waals surface area (Å²) in [5, 5.41) is 5.77. The molecule has 3 aromatic rings. The lowest BCUT2D eigenvalue weighted by molar-refractivity contribution is -0.141. The van der Waals surface area contributed by atoms with Crippen molar-refractivity contribution < 1.29 is 22.8 Å². The summed E-state index contributed by atoms with van der Waals surface area (Å²) in [6, 6.07) is 13.1. The van der Waals surface area contributed by atoms with Crippen LogP contribution in [0.5, 0.6) is 0 Å². The molecule has 9 nitrogen and oxygen atoms in total. The van der Waals surface area contributed by atoms with Gasteiger partial charge in [0.25, 0.3) is 21.8 Å². The van der Waals surface area contributed by atoms with Crippen LogP contribution in [0.4, 0.5) is 0 Å². The lowest BCUT2D eigenvalue weighted by Crippen LogP contribution is -2.52. The monoisotopic (exact) mass is 442 g/mol. The van der Waals surface area contributed by atoms with Crippen LogP contribution in [0, 0.1) is 6.92 Å². The first-order chi connectivity index (χ1) is 14.3. The van der Waals surface area contributed by atoms with Crippen LogP contribution in [-0.4, -0.2) is 36.7 Å². The standard InChI is InChI=1S/C19H14N4O5S2/c1-10-6-8-11(9-7-10)30(27,28)23-22-15-14(16(24)18(26)21-17(15)25)19-20-12-4-2-3-5-13(12)29-19/h2-9,14,23H,1H3,(H,21,25,26)/b22-15-/t14-/m0/s1. The highest BCUT2D eigenvalue weighted by Gasteiger charge is 2.43. The lowest BCUT2D eigenvalue weighted by atomic mass is 9.94. The average molecular weight is 442 g/mol. The predicted molar refractivity (Wildman–Crippen MR) is 109 cm³/mol. The van der Waals surface area contributed by atoms with Gasteiger partial charge in [-0.05, 0) is 31.2 Å². The summed E-state index contributed by atoms with van der Waals surface area (Å²) in [6.45, 7) is 1.81. The molecule has 1 aromatic heterocycles. The first-order valence-electron chi connectivity index (χ1n) is 8.67. The van der Waals surface area contributed by atoms with Crippen molar-refractivity contribution in [2.45, 2.75) is 17.7 Å². The van der Waals surface area contributed by atoms with E-state index in [9.17, 15) is 22.8 Å². The Kier molecular flexibility index (Phi) is 4.92. The number of carbonyl (C=O) groups is 3. The van der Waals surface area contributed by atoms with E-state index in [1.54, 1.807) is 36.4 Å². The molecule has 0 aliphatic carbocycles. The number of hydrogen-bond donors (Lipinski definition) is 2. The summed E-state index contributed by atoms with van der Waals surface area (Å²) in [6.07, 6.45) is 0. The van der Waals surface area contributed by atoms with Gasteiger partial charge >= 0.3 is 0 Å². The Bertz CT molecular complexity index is 1290.